The summed E-state index contributed by atoms with van der Waals surface area (Å²) in [7, 11) is 0. The molecule has 11 aromatic rings. The minimum atomic E-state index is 0.796. The van der Waals surface area contributed by atoms with Crippen molar-refractivity contribution in [2.24, 2.45) is 0 Å². The number of rotatable bonds is 3. The molecule has 6 heteroatoms. The number of aromatic nitrogens is 4. The Bertz CT molecular complexity index is 3090. The molecule has 5 aromatic heterocycles. The van der Waals surface area contributed by atoms with E-state index in [0.717, 1.165) is 77.9 Å². The minimum Gasteiger partial charge on any atom is -0.454 e. The van der Waals surface area contributed by atoms with Crippen molar-refractivity contribution >= 4 is 81.3 Å². The van der Waals surface area contributed by atoms with E-state index in [1.54, 1.807) is 0 Å². The number of pyridine rings is 1. The zero-order chi connectivity index (χ0) is 31.3. The van der Waals surface area contributed by atoms with Crippen molar-refractivity contribution in [3.8, 4) is 28.1 Å². The Labute approximate surface area is 277 Å². The standard InChI is InChI=1S/C42H24N4OS/c1-2-15-29(38-40-30(23-24-43-38)27-13-4-9-19-36(27)47-40)25(11-1)26-12-3-6-16-33(26)45-34-17-7-8-18-35(34)46-39-32(44-42(45)46)22-21-31-28-14-5-10-20-37(28)48-41(31)39/h1-24H. The fourth-order valence-electron chi connectivity index (χ4n) is 7.56. The van der Waals surface area contributed by atoms with Gasteiger partial charge >= 0.3 is 0 Å². The van der Waals surface area contributed by atoms with Crippen molar-refractivity contribution < 1.29 is 4.42 Å². The van der Waals surface area contributed by atoms with Gasteiger partial charge in [-0.2, -0.15) is 0 Å². The number of para-hydroxylation sites is 4. The molecular weight excluding hydrogens is 609 g/mol. The predicted molar refractivity (Wildman–Crippen MR) is 198 cm³/mol. The molecule has 0 N–H and O–H groups in total. The van der Waals surface area contributed by atoms with E-state index in [9.17, 15) is 0 Å². The number of hydrogen-bond donors (Lipinski definition) is 0. The summed E-state index contributed by atoms with van der Waals surface area (Å²) in [5.74, 6) is 0.888. The Morgan fingerprint density at radius 3 is 2.21 bits per heavy atom. The van der Waals surface area contributed by atoms with Gasteiger partial charge in [-0.15, -0.1) is 11.3 Å². The predicted octanol–water partition coefficient (Wildman–Crippen LogP) is 11.4. The molecule has 0 unspecified atom stereocenters. The molecule has 0 saturated carbocycles. The van der Waals surface area contributed by atoms with Crippen LogP contribution in [0.15, 0.2) is 150 Å². The van der Waals surface area contributed by atoms with Gasteiger partial charge in [0, 0.05) is 43.6 Å². The average molecular weight is 633 g/mol. The number of fused-ring (bicyclic) bond motifs is 12. The van der Waals surface area contributed by atoms with Crippen molar-refractivity contribution in [3.05, 3.63) is 146 Å². The number of nitrogens with zero attached hydrogens (tertiary/aromatic N) is 4. The lowest BCUT2D eigenvalue weighted by molar-refractivity contribution is 0.668. The van der Waals surface area contributed by atoms with Gasteiger partial charge in [0.05, 0.1) is 32.5 Å². The van der Waals surface area contributed by atoms with Crippen molar-refractivity contribution in [3.63, 3.8) is 0 Å². The van der Waals surface area contributed by atoms with Gasteiger partial charge in [0.1, 0.15) is 11.3 Å². The molecule has 0 bridgehead atoms. The van der Waals surface area contributed by atoms with Gasteiger partial charge in [-0.05, 0) is 48.0 Å². The van der Waals surface area contributed by atoms with Crippen molar-refractivity contribution in [1.29, 1.82) is 0 Å². The summed E-state index contributed by atoms with van der Waals surface area (Å²) >= 11 is 1.84. The lowest BCUT2D eigenvalue weighted by atomic mass is 9.95. The van der Waals surface area contributed by atoms with E-state index in [1.165, 1.54) is 20.2 Å². The first kappa shape index (κ1) is 25.9. The third-order valence-electron chi connectivity index (χ3n) is 9.62. The van der Waals surface area contributed by atoms with Gasteiger partial charge in [0.2, 0.25) is 5.78 Å². The van der Waals surface area contributed by atoms with Crippen LogP contribution >= 0.6 is 11.3 Å². The first-order valence-electron chi connectivity index (χ1n) is 16.0. The van der Waals surface area contributed by atoms with Crippen LogP contribution in [-0.2, 0) is 0 Å². The van der Waals surface area contributed by atoms with Crippen LogP contribution in [0.5, 0.6) is 0 Å². The molecule has 0 spiro atoms. The molecular formula is C42H24N4OS. The van der Waals surface area contributed by atoms with Gasteiger partial charge in [-0.1, -0.05) is 97.1 Å². The average Bonchev–Trinajstić information content (AvgIpc) is 3.89. The molecule has 0 aliphatic heterocycles. The second kappa shape index (κ2) is 9.64. The Morgan fingerprint density at radius 2 is 1.29 bits per heavy atom. The number of benzene rings is 6. The number of thiophene rings is 1. The first-order chi connectivity index (χ1) is 23.8. The van der Waals surface area contributed by atoms with Gasteiger partial charge in [-0.3, -0.25) is 14.0 Å². The molecule has 0 amide bonds. The van der Waals surface area contributed by atoms with Crippen LogP contribution in [0.1, 0.15) is 0 Å². The Hall–Kier alpha value is -6.24. The van der Waals surface area contributed by atoms with Crippen molar-refractivity contribution in [1.82, 2.24) is 18.9 Å². The molecule has 11 rings (SSSR count). The zero-order valence-corrected chi connectivity index (χ0v) is 26.3. The SMILES string of the molecule is c1ccc(-c2nccc3c2oc2ccccc23)c(-c2ccccc2-n2c3ccccc3n3c4c(ccc5c6ccccc6sc54)nc23)c1. The van der Waals surface area contributed by atoms with E-state index in [0.29, 0.717) is 0 Å². The van der Waals surface area contributed by atoms with Gasteiger partial charge in [0.15, 0.2) is 5.58 Å². The summed E-state index contributed by atoms with van der Waals surface area (Å²) < 4.78 is 13.7. The van der Waals surface area contributed by atoms with Crippen LogP contribution in [0, 0.1) is 0 Å². The molecule has 224 valence electrons. The van der Waals surface area contributed by atoms with E-state index in [2.05, 4.69) is 130 Å². The Balaban J connectivity index is 1.21. The molecule has 6 aromatic carbocycles. The highest BCUT2D eigenvalue weighted by Gasteiger charge is 2.23. The highest BCUT2D eigenvalue weighted by molar-refractivity contribution is 7.26. The summed E-state index contributed by atoms with van der Waals surface area (Å²) in [5.41, 5.74) is 11.1. The normalized spacial score (nSPS) is 12.2. The molecule has 0 aliphatic rings. The van der Waals surface area contributed by atoms with E-state index in [1.807, 2.05) is 35.7 Å². The second-order valence-corrected chi connectivity index (χ2v) is 13.2. The highest BCUT2D eigenvalue weighted by Crippen LogP contribution is 2.43. The summed E-state index contributed by atoms with van der Waals surface area (Å²) in [6.45, 7) is 0. The maximum Gasteiger partial charge on any atom is 0.220 e. The zero-order valence-electron chi connectivity index (χ0n) is 25.5. The Kier molecular flexibility index (Phi) is 5.20. The van der Waals surface area contributed by atoms with Crippen LogP contribution < -0.4 is 0 Å². The summed E-state index contributed by atoms with van der Waals surface area (Å²) in [5, 5.41) is 4.71. The summed E-state index contributed by atoms with van der Waals surface area (Å²) in [4.78, 5) is 10.2. The van der Waals surface area contributed by atoms with Crippen molar-refractivity contribution in [2.75, 3.05) is 0 Å². The summed E-state index contributed by atoms with van der Waals surface area (Å²) in [6.07, 6.45) is 1.89. The fourth-order valence-corrected chi connectivity index (χ4v) is 8.79. The van der Waals surface area contributed by atoms with E-state index in [4.69, 9.17) is 14.4 Å². The highest BCUT2D eigenvalue weighted by atomic mass is 32.1. The Morgan fingerprint density at radius 1 is 0.562 bits per heavy atom. The van der Waals surface area contributed by atoms with Crippen LogP contribution in [0.3, 0.4) is 0 Å². The van der Waals surface area contributed by atoms with Crippen LogP contribution in [0.2, 0.25) is 0 Å². The first-order valence-corrected chi connectivity index (χ1v) is 16.8. The third-order valence-corrected chi connectivity index (χ3v) is 10.8. The number of hydrogen-bond acceptors (Lipinski definition) is 4. The smallest absolute Gasteiger partial charge is 0.220 e. The topological polar surface area (TPSA) is 48.3 Å². The van der Waals surface area contributed by atoms with Gasteiger partial charge < -0.3 is 4.42 Å². The third kappa shape index (κ3) is 3.44. The molecule has 0 radical (unpaired) electrons. The molecule has 0 fully saturated rings. The molecule has 0 atom stereocenters. The summed E-state index contributed by atoms with van der Waals surface area (Å²) in [6, 6.07) is 49.0. The lowest BCUT2D eigenvalue weighted by Gasteiger charge is -2.15. The van der Waals surface area contributed by atoms with Gasteiger partial charge in [0.25, 0.3) is 0 Å². The van der Waals surface area contributed by atoms with Crippen LogP contribution in [-0.4, -0.2) is 18.9 Å². The molecule has 5 nitrogen and oxygen atoms in total. The van der Waals surface area contributed by atoms with E-state index < -0.39 is 0 Å². The quantitative estimate of drug-likeness (QED) is 0.195. The number of furan rings is 1. The molecule has 0 aliphatic carbocycles. The molecule has 0 saturated heterocycles. The maximum atomic E-state index is 6.46. The van der Waals surface area contributed by atoms with E-state index in [-0.39, 0.29) is 0 Å². The second-order valence-electron chi connectivity index (χ2n) is 12.2. The molecule has 5 heterocycles. The van der Waals surface area contributed by atoms with Crippen molar-refractivity contribution in [2.45, 2.75) is 0 Å². The van der Waals surface area contributed by atoms with E-state index >= 15 is 0 Å². The largest absolute Gasteiger partial charge is 0.454 e. The van der Waals surface area contributed by atoms with Crippen LogP contribution in [0.25, 0.3) is 98.0 Å². The monoisotopic (exact) mass is 632 g/mol. The minimum absolute atomic E-state index is 0.796. The maximum absolute atomic E-state index is 6.46. The number of imidazole rings is 2. The van der Waals surface area contributed by atoms with Gasteiger partial charge in [-0.25, -0.2) is 4.98 Å². The molecule has 48 heavy (non-hydrogen) atoms. The lowest BCUT2D eigenvalue weighted by Crippen LogP contribution is -1.99. The fraction of sp³-hybridized carbons (Fsp3) is 0. The van der Waals surface area contributed by atoms with Crippen LogP contribution in [0.4, 0.5) is 0 Å².